The van der Waals surface area contributed by atoms with Crippen molar-refractivity contribution in [2.75, 3.05) is 12.4 Å². The van der Waals surface area contributed by atoms with Crippen LogP contribution in [0.15, 0.2) is 12.3 Å². The molecule has 94 valence electrons. The zero-order valence-electron chi connectivity index (χ0n) is 11.1. The molecule has 0 aromatic heterocycles. The van der Waals surface area contributed by atoms with Crippen molar-refractivity contribution in [3.05, 3.63) is 12.3 Å². The van der Waals surface area contributed by atoms with Crippen molar-refractivity contribution in [2.24, 2.45) is 0 Å². The molecule has 1 rings (SSSR count). The van der Waals surface area contributed by atoms with Gasteiger partial charge in [0.15, 0.2) is 0 Å². The van der Waals surface area contributed by atoms with E-state index in [2.05, 4.69) is 33.5 Å². The van der Waals surface area contributed by atoms with Crippen LogP contribution in [0.5, 0.6) is 0 Å². The van der Waals surface area contributed by atoms with E-state index in [1.165, 1.54) is 6.04 Å². The van der Waals surface area contributed by atoms with Crippen LogP contribution in [-0.4, -0.2) is 31.5 Å². The fraction of sp³-hybridized carbons (Fsp3) is 0.833. The van der Waals surface area contributed by atoms with E-state index in [0.717, 1.165) is 12.4 Å². The minimum Gasteiger partial charge on any atom is -0.502 e. The highest BCUT2D eigenvalue weighted by Crippen LogP contribution is 2.35. The first-order chi connectivity index (χ1) is 7.29. The van der Waals surface area contributed by atoms with Crippen LogP contribution in [0.3, 0.4) is 0 Å². The van der Waals surface area contributed by atoms with Crippen molar-refractivity contribution >= 4 is 19.8 Å². The van der Waals surface area contributed by atoms with Gasteiger partial charge < -0.3 is 9.47 Å². The Morgan fingerprint density at radius 2 is 2.12 bits per heavy atom. The molecule has 0 N–H and O–H groups in total. The van der Waals surface area contributed by atoms with Crippen LogP contribution >= 0.6 is 11.8 Å². The molecule has 1 heterocycles. The maximum Gasteiger partial charge on any atom is 0.109 e. The maximum absolute atomic E-state index is 5.80. The minimum atomic E-state index is -0.956. The van der Waals surface area contributed by atoms with Gasteiger partial charge in [0.05, 0.1) is 19.0 Å². The molecule has 0 radical (unpaired) electrons. The summed E-state index contributed by atoms with van der Waals surface area (Å²) in [5.41, 5.74) is 0. The largest absolute Gasteiger partial charge is 0.502 e. The van der Waals surface area contributed by atoms with Gasteiger partial charge in [-0.1, -0.05) is 19.6 Å². The van der Waals surface area contributed by atoms with Gasteiger partial charge in [-0.25, -0.2) is 0 Å². The fourth-order valence-corrected chi connectivity index (χ4v) is 3.05. The highest BCUT2D eigenvalue weighted by molar-refractivity contribution is 8.00. The van der Waals surface area contributed by atoms with Crippen LogP contribution in [0, 0.1) is 0 Å². The Morgan fingerprint density at radius 1 is 1.44 bits per heavy atom. The number of hydrogen-bond acceptors (Lipinski definition) is 3. The second-order valence-corrected chi connectivity index (χ2v) is 13.1. The van der Waals surface area contributed by atoms with E-state index in [1.807, 2.05) is 24.1 Å². The van der Waals surface area contributed by atoms with Crippen LogP contribution in [0.1, 0.15) is 13.8 Å². The molecule has 1 aliphatic rings. The lowest BCUT2D eigenvalue weighted by molar-refractivity contribution is 0.0392. The zero-order valence-corrected chi connectivity index (χ0v) is 12.9. The summed E-state index contributed by atoms with van der Waals surface area (Å²) in [5, 5.41) is 0. The van der Waals surface area contributed by atoms with Gasteiger partial charge in [0.1, 0.15) is 4.93 Å². The monoisotopic (exact) mass is 260 g/mol. The molecule has 0 aliphatic carbocycles. The van der Waals surface area contributed by atoms with Crippen molar-refractivity contribution < 1.29 is 9.47 Å². The van der Waals surface area contributed by atoms with Gasteiger partial charge in [0.25, 0.3) is 0 Å². The zero-order chi connectivity index (χ0) is 12.2. The van der Waals surface area contributed by atoms with Crippen molar-refractivity contribution in [3.8, 4) is 0 Å². The van der Waals surface area contributed by atoms with Crippen LogP contribution in [0.4, 0.5) is 0 Å². The Kier molecular flexibility index (Phi) is 4.95. The summed E-state index contributed by atoms with van der Waals surface area (Å²) in [6, 6.07) is 1.21. The molecular weight excluding hydrogens is 236 g/mol. The Labute approximate surface area is 105 Å². The molecule has 0 saturated carbocycles. The van der Waals surface area contributed by atoms with Gasteiger partial charge in [0.2, 0.25) is 0 Å². The summed E-state index contributed by atoms with van der Waals surface area (Å²) in [7, 11) is -0.956. The molecule has 0 bridgehead atoms. The Morgan fingerprint density at radius 3 is 2.62 bits per heavy atom. The average molecular weight is 260 g/mol. The van der Waals surface area contributed by atoms with E-state index in [-0.39, 0.29) is 11.0 Å². The molecule has 4 heteroatoms. The van der Waals surface area contributed by atoms with E-state index >= 15 is 0 Å². The van der Waals surface area contributed by atoms with Crippen molar-refractivity contribution in [1.29, 1.82) is 0 Å². The lowest BCUT2D eigenvalue weighted by atomic mass is 10.4. The van der Waals surface area contributed by atoms with E-state index < -0.39 is 8.07 Å². The summed E-state index contributed by atoms with van der Waals surface area (Å²) in [5.74, 6) is 1.03. The van der Waals surface area contributed by atoms with E-state index in [0.29, 0.717) is 0 Å². The third-order valence-electron chi connectivity index (χ3n) is 2.39. The average Bonchev–Trinajstić information content (AvgIpc) is 2.43. The first kappa shape index (κ1) is 14.1. The van der Waals surface area contributed by atoms with Crippen LogP contribution in [0.2, 0.25) is 25.7 Å². The topological polar surface area (TPSA) is 18.5 Å². The molecule has 1 atom stereocenters. The molecule has 0 aromatic carbocycles. The lowest BCUT2D eigenvalue weighted by Crippen LogP contribution is -2.21. The summed E-state index contributed by atoms with van der Waals surface area (Å²) >= 11 is 1.85. The Bertz CT molecular complexity index is 246. The first-order valence-corrected chi connectivity index (χ1v) is 10.6. The number of hydrogen-bond donors (Lipinski definition) is 0. The van der Waals surface area contributed by atoms with E-state index in [4.69, 9.17) is 9.47 Å². The molecule has 1 saturated heterocycles. The third-order valence-corrected chi connectivity index (χ3v) is 5.38. The Hall–Kier alpha value is 0.0669. The number of rotatable bonds is 5. The normalized spacial score (nSPS) is 25.2. The van der Waals surface area contributed by atoms with Gasteiger partial charge in [0, 0.05) is 13.8 Å². The summed E-state index contributed by atoms with van der Waals surface area (Å²) in [6.07, 6.45) is 4.06. The van der Waals surface area contributed by atoms with Crippen LogP contribution in [0.25, 0.3) is 0 Å². The van der Waals surface area contributed by atoms with Gasteiger partial charge in [-0.05, 0) is 26.0 Å². The summed E-state index contributed by atoms with van der Waals surface area (Å²) in [6.45, 7) is 12.1. The standard InChI is InChI=1S/C12H24O2SSi/c1-12(2)14-11(10-15-12)6-7-13-8-9-16(3,4)5/h6-7,11H,8-10H2,1-5H3. The van der Waals surface area contributed by atoms with Crippen molar-refractivity contribution in [3.63, 3.8) is 0 Å². The molecular formula is C12H24O2SSi. The van der Waals surface area contributed by atoms with Crippen molar-refractivity contribution in [2.45, 2.75) is 50.6 Å². The second kappa shape index (κ2) is 5.60. The van der Waals surface area contributed by atoms with Crippen molar-refractivity contribution in [1.82, 2.24) is 0 Å². The van der Waals surface area contributed by atoms with Gasteiger partial charge >= 0.3 is 0 Å². The number of thioether (sulfide) groups is 1. The molecule has 2 nitrogen and oxygen atoms in total. The van der Waals surface area contributed by atoms with Gasteiger partial charge in [-0.2, -0.15) is 0 Å². The quantitative estimate of drug-likeness (QED) is 0.426. The van der Waals surface area contributed by atoms with E-state index in [1.54, 1.807) is 0 Å². The molecule has 0 aromatic rings. The molecule has 1 fully saturated rings. The molecule has 16 heavy (non-hydrogen) atoms. The predicted octanol–water partition coefficient (Wildman–Crippen LogP) is 3.72. The second-order valence-electron chi connectivity index (χ2n) is 5.88. The van der Waals surface area contributed by atoms with Gasteiger partial charge in [-0.3, -0.25) is 0 Å². The molecule has 0 spiro atoms. The Balaban J connectivity index is 2.14. The highest BCUT2D eigenvalue weighted by Gasteiger charge is 2.30. The predicted molar refractivity (Wildman–Crippen MR) is 74.7 cm³/mol. The summed E-state index contributed by atoms with van der Waals surface area (Å²) in [4.78, 5) is -0.0344. The molecule has 0 amide bonds. The SMILES string of the molecule is CC1(C)OC(C=COCC[Si](C)(C)C)CS1. The molecule has 1 unspecified atom stereocenters. The van der Waals surface area contributed by atoms with Crippen LogP contribution in [-0.2, 0) is 9.47 Å². The van der Waals surface area contributed by atoms with Crippen LogP contribution < -0.4 is 0 Å². The summed E-state index contributed by atoms with van der Waals surface area (Å²) < 4.78 is 11.3. The number of ether oxygens (including phenoxy) is 2. The smallest absolute Gasteiger partial charge is 0.109 e. The lowest BCUT2D eigenvalue weighted by Gasteiger charge is -2.16. The highest BCUT2D eigenvalue weighted by atomic mass is 32.2. The minimum absolute atomic E-state index is 0.0344. The first-order valence-electron chi connectivity index (χ1n) is 5.89. The maximum atomic E-state index is 5.80. The van der Waals surface area contributed by atoms with Gasteiger partial charge in [-0.15, -0.1) is 11.8 Å². The molecule has 1 aliphatic heterocycles. The third kappa shape index (κ3) is 5.96. The van der Waals surface area contributed by atoms with E-state index in [9.17, 15) is 0 Å². The fourth-order valence-electron chi connectivity index (χ4n) is 1.39.